The SMILES string of the molecule is CO[C@@H]1[C@@H](O)[C@H](O[C@H]2CC[C@@]3(C)C(=CC[C@@H]4[C@@H]3CC[C@]3(C)[C@@H]([C@@H](C)O[C@@H]5O[C@H](CO[C@@H]6O[C@@H](C)[C@H](O)[C@@H](O)[C@H]6O)[C@H](O)[C@H](O)[C@H]5O)CC[C@]43O)C2)O[C@H](C)[C@@H]1O[C@@H]1O[C@H](CO)[C@H](O)[C@H](O)[C@H]1O. The van der Waals surface area contributed by atoms with E-state index in [1.807, 2.05) is 6.92 Å². The van der Waals surface area contributed by atoms with E-state index < -0.39 is 153 Å². The van der Waals surface area contributed by atoms with Crippen LogP contribution in [0.25, 0.3) is 0 Å². The van der Waals surface area contributed by atoms with Gasteiger partial charge in [-0.25, -0.2) is 0 Å². The number of hydrogen-bond acceptors (Lipinski definition) is 21. The van der Waals surface area contributed by atoms with Crippen LogP contribution in [-0.4, -0.2) is 222 Å². The lowest BCUT2D eigenvalue weighted by Gasteiger charge is -2.61. The molecule has 4 heterocycles. The summed E-state index contributed by atoms with van der Waals surface area (Å²) >= 11 is 0. The van der Waals surface area contributed by atoms with E-state index in [1.165, 1.54) is 19.6 Å². The third kappa shape index (κ3) is 9.11. The van der Waals surface area contributed by atoms with Crippen LogP contribution in [-0.2, 0) is 42.6 Å². The monoisotopic (exact) mass is 964 g/mol. The Morgan fingerprint density at radius 3 is 1.94 bits per heavy atom. The van der Waals surface area contributed by atoms with Crippen LogP contribution in [0.3, 0.4) is 0 Å². The summed E-state index contributed by atoms with van der Waals surface area (Å²) < 4.78 is 53.4. The van der Waals surface area contributed by atoms with E-state index in [1.54, 1.807) is 6.92 Å². The Balaban J connectivity index is 0.883. The fourth-order valence-electron chi connectivity index (χ4n) is 13.4. The molecule has 0 spiro atoms. The number of aliphatic hydroxyl groups excluding tert-OH is 11. The van der Waals surface area contributed by atoms with Crippen LogP contribution in [0.15, 0.2) is 11.6 Å². The maximum Gasteiger partial charge on any atom is 0.187 e. The molecule has 4 aliphatic carbocycles. The summed E-state index contributed by atoms with van der Waals surface area (Å²) in [6.07, 6.45) is -19.9. The Kier molecular flexibility index (Phi) is 15.6. The topological polar surface area (TPSA) is 326 Å². The summed E-state index contributed by atoms with van der Waals surface area (Å²) in [6.45, 7) is 8.43. The Hall–Kier alpha value is -1.10. The molecule has 8 rings (SSSR count). The summed E-state index contributed by atoms with van der Waals surface area (Å²) in [6, 6.07) is 0. The number of methoxy groups -OCH3 is 1. The lowest BCUT2D eigenvalue weighted by atomic mass is 9.45. The molecule has 21 heteroatoms. The van der Waals surface area contributed by atoms with E-state index in [0.29, 0.717) is 38.5 Å². The fraction of sp³-hybridized carbons (Fsp3) is 0.957. The van der Waals surface area contributed by atoms with Gasteiger partial charge in [-0.15, -0.1) is 0 Å². The predicted octanol–water partition coefficient (Wildman–Crippen LogP) is -2.57. The molecule has 12 N–H and O–H groups in total. The van der Waals surface area contributed by atoms with Crippen molar-refractivity contribution < 1.29 is 104 Å². The standard InChI is InChI=1S/C46H76O21/c1-18(61-41-35(55)33(53)30(50)27(66-41)17-60-40-34(54)31(51)28(48)19(2)62-40)23-11-14-46(58)25-8-7-21-15-22(9-12-44(21,4)24(25)10-13-45(23,46)5)64-43-37(57)39(59-6)38(20(3)63-43)67-42-36(56)32(52)29(49)26(16-47)65-42/h7,18-20,22-43,47-58H,8-17H2,1-6H3/t18-,19+,20-,22+,23-,24+,25-,26-,27-,28+,29+,30+,31-,32+,33+,34-,35-,36-,37-,38+,39-,40-,41-,42+,43+,44+,45-,46+/m1/s1. The lowest BCUT2D eigenvalue weighted by Crippen LogP contribution is -2.64. The zero-order valence-electron chi connectivity index (χ0n) is 39.1. The van der Waals surface area contributed by atoms with Gasteiger partial charge in [-0.05, 0) is 95.3 Å². The smallest absolute Gasteiger partial charge is 0.187 e. The predicted molar refractivity (Wildman–Crippen MR) is 227 cm³/mol. The van der Waals surface area contributed by atoms with Crippen molar-refractivity contribution in [3.63, 3.8) is 0 Å². The number of allylic oxidation sites excluding steroid dienone is 1. The largest absolute Gasteiger partial charge is 0.394 e. The highest BCUT2D eigenvalue weighted by Crippen LogP contribution is 2.68. The number of hydrogen-bond donors (Lipinski definition) is 12. The summed E-state index contributed by atoms with van der Waals surface area (Å²) in [5, 5.41) is 128. The molecule has 28 atom stereocenters. The third-order valence-corrected chi connectivity index (χ3v) is 17.6. The van der Waals surface area contributed by atoms with Crippen LogP contribution in [0, 0.1) is 28.6 Å². The molecule has 0 bridgehead atoms. The molecule has 0 aromatic rings. The molecule has 8 aliphatic rings. The average Bonchev–Trinajstić information content (AvgIpc) is 3.59. The van der Waals surface area contributed by atoms with Crippen molar-refractivity contribution in [1.82, 2.24) is 0 Å². The third-order valence-electron chi connectivity index (χ3n) is 17.6. The highest BCUT2D eigenvalue weighted by atomic mass is 16.8. The first-order valence-corrected chi connectivity index (χ1v) is 24.2. The highest BCUT2D eigenvalue weighted by Gasteiger charge is 2.67. The second kappa shape index (κ2) is 20.1. The maximum atomic E-state index is 12.9. The molecule has 386 valence electrons. The Labute approximate surface area is 390 Å². The van der Waals surface area contributed by atoms with Crippen LogP contribution >= 0.6 is 0 Å². The lowest BCUT2D eigenvalue weighted by molar-refractivity contribution is -0.361. The molecular formula is C46H76O21. The second-order valence-electron chi connectivity index (χ2n) is 21.2. The van der Waals surface area contributed by atoms with E-state index in [0.717, 1.165) is 12.8 Å². The van der Waals surface area contributed by atoms with Gasteiger partial charge in [0, 0.05) is 12.5 Å². The minimum atomic E-state index is -1.66. The Morgan fingerprint density at radius 2 is 1.25 bits per heavy atom. The second-order valence-corrected chi connectivity index (χ2v) is 21.2. The summed E-state index contributed by atoms with van der Waals surface area (Å²) in [7, 11) is 1.40. The molecule has 4 saturated heterocycles. The van der Waals surface area contributed by atoms with Gasteiger partial charge < -0.3 is 104 Å². The van der Waals surface area contributed by atoms with E-state index in [2.05, 4.69) is 19.9 Å². The fourth-order valence-corrected chi connectivity index (χ4v) is 13.4. The van der Waals surface area contributed by atoms with Crippen LogP contribution in [0.2, 0.25) is 0 Å². The zero-order valence-corrected chi connectivity index (χ0v) is 39.1. The molecule has 0 aromatic carbocycles. The maximum absolute atomic E-state index is 12.9. The van der Waals surface area contributed by atoms with Gasteiger partial charge in [-0.3, -0.25) is 0 Å². The molecule has 0 aromatic heterocycles. The van der Waals surface area contributed by atoms with Gasteiger partial charge in [0.15, 0.2) is 25.2 Å². The molecule has 0 radical (unpaired) electrons. The first kappa shape index (κ1) is 52.2. The van der Waals surface area contributed by atoms with Gasteiger partial charge in [-0.2, -0.15) is 0 Å². The van der Waals surface area contributed by atoms with Crippen LogP contribution in [0.1, 0.15) is 86.0 Å². The van der Waals surface area contributed by atoms with Crippen molar-refractivity contribution in [1.29, 1.82) is 0 Å². The quantitative estimate of drug-likeness (QED) is 0.0895. The van der Waals surface area contributed by atoms with Gasteiger partial charge in [0.25, 0.3) is 0 Å². The Bertz CT molecular complexity index is 1710. The van der Waals surface area contributed by atoms with E-state index >= 15 is 0 Å². The molecule has 0 unspecified atom stereocenters. The van der Waals surface area contributed by atoms with Crippen molar-refractivity contribution in [2.24, 2.45) is 28.6 Å². The number of fused-ring (bicyclic) bond motifs is 5. The van der Waals surface area contributed by atoms with Crippen molar-refractivity contribution in [2.45, 2.75) is 227 Å². The van der Waals surface area contributed by atoms with Crippen LogP contribution < -0.4 is 0 Å². The highest BCUT2D eigenvalue weighted by molar-refractivity contribution is 5.28. The van der Waals surface area contributed by atoms with Gasteiger partial charge in [0.1, 0.15) is 85.5 Å². The zero-order chi connectivity index (χ0) is 48.7. The number of ether oxygens (including phenoxy) is 9. The average molecular weight is 965 g/mol. The van der Waals surface area contributed by atoms with Crippen molar-refractivity contribution in [2.75, 3.05) is 20.3 Å². The molecule has 21 nitrogen and oxygen atoms in total. The summed E-state index contributed by atoms with van der Waals surface area (Å²) in [4.78, 5) is 0. The molecule has 67 heavy (non-hydrogen) atoms. The normalized spacial score (nSPS) is 55.2. The molecule has 0 amide bonds. The van der Waals surface area contributed by atoms with Gasteiger partial charge >= 0.3 is 0 Å². The molecule has 7 fully saturated rings. The minimum absolute atomic E-state index is 0.0446. The van der Waals surface area contributed by atoms with E-state index in [9.17, 15) is 61.3 Å². The van der Waals surface area contributed by atoms with Gasteiger partial charge in [0.2, 0.25) is 0 Å². The van der Waals surface area contributed by atoms with E-state index in [4.69, 9.17) is 42.6 Å². The first-order valence-electron chi connectivity index (χ1n) is 24.2. The van der Waals surface area contributed by atoms with Crippen LogP contribution in [0.5, 0.6) is 0 Å². The number of aliphatic hydroxyl groups is 12. The first-order chi connectivity index (χ1) is 31.6. The van der Waals surface area contributed by atoms with Crippen molar-refractivity contribution in [3.05, 3.63) is 11.6 Å². The minimum Gasteiger partial charge on any atom is -0.394 e. The van der Waals surface area contributed by atoms with Gasteiger partial charge in [-0.1, -0.05) is 25.5 Å². The van der Waals surface area contributed by atoms with E-state index in [-0.39, 0.29) is 29.3 Å². The molecule has 3 saturated carbocycles. The summed E-state index contributed by atoms with van der Waals surface area (Å²) in [5.74, 6) is -0.0223. The molecular weight excluding hydrogens is 888 g/mol. The van der Waals surface area contributed by atoms with Crippen molar-refractivity contribution in [3.8, 4) is 0 Å². The summed E-state index contributed by atoms with van der Waals surface area (Å²) in [5.41, 5.74) is -0.587. The Morgan fingerprint density at radius 1 is 0.642 bits per heavy atom. The number of rotatable bonds is 12. The van der Waals surface area contributed by atoms with Gasteiger partial charge in [0.05, 0.1) is 43.2 Å². The molecule has 4 aliphatic heterocycles. The van der Waals surface area contributed by atoms with Crippen LogP contribution in [0.4, 0.5) is 0 Å². The van der Waals surface area contributed by atoms with Crippen molar-refractivity contribution >= 4 is 0 Å².